The molecule has 5 nitrogen and oxygen atoms in total. The third kappa shape index (κ3) is 3.25. The molecule has 0 aromatic carbocycles. The van der Waals surface area contributed by atoms with Crippen LogP contribution in [0.15, 0.2) is 0 Å². The first kappa shape index (κ1) is 15.3. The smallest absolute Gasteiger partial charge is 0.327 e. The molecule has 1 N–H and O–H groups in total. The van der Waals surface area contributed by atoms with E-state index in [9.17, 15) is 4.79 Å². The molecule has 3 unspecified atom stereocenters. The fraction of sp³-hybridized carbons (Fsp3) is 0.938. The molecule has 2 aliphatic heterocycles. The lowest BCUT2D eigenvalue weighted by Gasteiger charge is -2.35. The Kier molecular flexibility index (Phi) is 4.26. The third-order valence-electron chi connectivity index (χ3n) is 5.51. The van der Waals surface area contributed by atoms with E-state index >= 15 is 0 Å². The maximum Gasteiger partial charge on any atom is 0.327 e. The number of carbonyl (C=O) groups excluding carboxylic acids is 1. The van der Waals surface area contributed by atoms with Crippen molar-refractivity contribution in [2.75, 3.05) is 33.8 Å². The van der Waals surface area contributed by atoms with Gasteiger partial charge in [-0.3, -0.25) is 19.9 Å². The third-order valence-corrected chi connectivity index (χ3v) is 5.51. The van der Waals surface area contributed by atoms with Crippen molar-refractivity contribution in [1.82, 2.24) is 15.1 Å². The second-order valence-corrected chi connectivity index (χ2v) is 7.32. The van der Waals surface area contributed by atoms with Gasteiger partial charge in [-0.05, 0) is 52.6 Å². The second-order valence-electron chi connectivity index (χ2n) is 7.32. The zero-order chi connectivity index (χ0) is 15.0. The number of fused-ring (bicyclic) bond motifs is 2. The number of hydrogen-bond acceptors (Lipinski definition) is 5. The molecule has 2 saturated heterocycles. The lowest BCUT2D eigenvalue weighted by Crippen LogP contribution is -2.59. The van der Waals surface area contributed by atoms with Crippen LogP contribution in [0, 0.1) is 0 Å². The number of esters is 1. The van der Waals surface area contributed by atoms with Crippen molar-refractivity contribution in [2.45, 2.75) is 62.7 Å². The maximum absolute atomic E-state index is 12.3. The standard InChI is InChI=1S/C16H29N3O2/c1-16(15(20)21-3,17-12-4-5-12)11-19-9-8-13-6-7-14(10-19)18(13)2/h12-14,17H,4-11H2,1-3H3. The number of nitrogens with zero attached hydrogens (tertiary/aromatic N) is 2. The molecule has 0 aromatic heterocycles. The van der Waals surface area contributed by atoms with E-state index in [0.717, 1.165) is 25.7 Å². The van der Waals surface area contributed by atoms with Gasteiger partial charge in [0.2, 0.25) is 0 Å². The Hall–Kier alpha value is -0.650. The molecule has 5 heteroatoms. The van der Waals surface area contributed by atoms with Gasteiger partial charge in [0.15, 0.2) is 0 Å². The maximum atomic E-state index is 12.3. The van der Waals surface area contributed by atoms with Gasteiger partial charge in [-0.1, -0.05) is 0 Å². The van der Waals surface area contributed by atoms with Crippen LogP contribution in [0.2, 0.25) is 0 Å². The Bertz CT molecular complexity index is 399. The minimum atomic E-state index is -0.571. The van der Waals surface area contributed by atoms with Crippen LogP contribution in [0.3, 0.4) is 0 Å². The lowest BCUT2D eigenvalue weighted by atomic mass is 9.99. The van der Waals surface area contributed by atoms with E-state index in [4.69, 9.17) is 4.74 Å². The molecule has 2 bridgehead atoms. The van der Waals surface area contributed by atoms with Gasteiger partial charge in [0.05, 0.1) is 7.11 Å². The van der Waals surface area contributed by atoms with Crippen molar-refractivity contribution in [2.24, 2.45) is 0 Å². The summed E-state index contributed by atoms with van der Waals surface area (Å²) in [7, 11) is 3.75. The van der Waals surface area contributed by atoms with Gasteiger partial charge in [0, 0.05) is 31.2 Å². The summed E-state index contributed by atoms with van der Waals surface area (Å²) in [4.78, 5) is 17.3. The van der Waals surface area contributed by atoms with Crippen molar-refractivity contribution in [3.8, 4) is 0 Å². The second kappa shape index (κ2) is 5.86. The van der Waals surface area contributed by atoms with Crippen LogP contribution in [-0.4, -0.2) is 73.2 Å². The highest BCUT2D eigenvalue weighted by Gasteiger charge is 2.42. The van der Waals surface area contributed by atoms with Crippen molar-refractivity contribution < 1.29 is 9.53 Å². The van der Waals surface area contributed by atoms with Gasteiger partial charge in [-0.15, -0.1) is 0 Å². The number of hydrogen-bond donors (Lipinski definition) is 1. The molecule has 1 saturated carbocycles. The minimum Gasteiger partial charge on any atom is -0.468 e. The molecule has 0 radical (unpaired) electrons. The monoisotopic (exact) mass is 295 g/mol. The number of rotatable bonds is 5. The van der Waals surface area contributed by atoms with E-state index in [-0.39, 0.29) is 5.97 Å². The van der Waals surface area contributed by atoms with E-state index in [2.05, 4.69) is 22.2 Å². The first-order chi connectivity index (χ1) is 10.0. The van der Waals surface area contributed by atoms with Crippen LogP contribution >= 0.6 is 0 Å². The lowest BCUT2D eigenvalue weighted by molar-refractivity contribution is -0.149. The van der Waals surface area contributed by atoms with Crippen LogP contribution in [0.25, 0.3) is 0 Å². The van der Waals surface area contributed by atoms with E-state index in [0.29, 0.717) is 12.1 Å². The molecule has 3 rings (SSSR count). The van der Waals surface area contributed by atoms with Crippen LogP contribution in [0.1, 0.15) is 39.0 Å². The fourth-order valence-electron chi connectivity index (χ4n) is 4.04. The van der Waals surface area contributed by atoms with Gasteiger partial charge in [0.1, 0.15) is 5.54 Å². The van der Waals surface area contributed by atoms with Crippen LogP contribution in [0.4, 0.5) is 0 Å². The average Bonchev–Trinajstić information content (AvgIpc) is 3.19. The van der Waals surface area contributed by atoms with Crippen LogP contribution in [-0.2, 0) is 9.53 Å². The van der Waals surface area contributed by atoms with Crippen molar-refractivity contribution in [1.29, 1.82) is 0 Å². The molecule has 3 fully saturated rings. The summed E-state index contributed by atoms with van der Waals surface area (Å²) in [5.41, 5.74) is -0.571. The first-order valence-corrected chi connectivity index (χ1v) is 8.32. The predicted octanol–water partition coefficient (Wildman–Crippen LogP) is 0.839. The Morgan fingerprint density at radius 3 is 2.62 bits per heavy atom. The number of ether oxygens (including phenoxy) is 1. The molecule has 21 heavy (non-hydrogen) atoms. The Morgan fingerprint density at radius 1 is 1.24 bits per heavy atom. The van der Waals surface area contributed by atoms with E-state index < -0.39 is 5.54 Å². The van der Waals surface area contributed by atoms with Crippen LogP contribution < -0.4 is 5.32 Å². The molecular weight excluding hydrogens is 266 g/mol. The van der Waals surface area contributed by atoms with Crippen molar-refractivity contribution in [3.05, 3.63) is 0 Å². The molecule has 0 amide bonds. The summed E-state index contributed by atoms with van der Waals surface area (Å²) in [5, 5.41) is 3.51. The van der Waals surface area contributed by atoms with E-state index in [1.807, 2.05) is 6.92 Å². The molecule has 1 aliphatic carbocycles. The highest BCUT2D eigenvalue weighted by molar-refractivity contribution is 5.80. The number of nitrogens with one attached hydrogen (secondary N) is 1. The molecule has 2 heterocycles. The summed E-state index contributed by atoms with van der Waals surface area (Å²) in [6.45, 7) is 4.92. The van der Waals surface area contributed by atoms with Gasteiger partial charge >= 0.3 is 5.97 Å². The number of carbonyl (C=O) groups is 1. The van der Waals surface area contributed by atoms with Crippen molar-refractivity contribution in [3.63, 3.8) is 0 Å². The van der Waals surface area contributed by atoms with Gasteiger partial charge in [-0.25, -0.2) is 0 Å². The summed E-state index contributed by atoms with van der Waals surface area (Å²) >= 11 is 0. The largest absolute Gasteiger partial charge is 0.468 e. The summed E-state index contributed by atoms with van der Waals surface area (Å²) in [6.07, 6.45) is 6.21. The summed E-state index contributed by atoms with van der Waals surface area (Å²) < 4.78 is 5.06. The Morgan fingerprint density at radius 2 is 1.95 bits per heavy atom. The minimum absolute atomic E-state index is 0.128. The quantitative estimate of drug-likeness (QED) is 0.762. The molecule has 0 spiro atoms. The summed E-state index contributed by atoms with van der Waals surface area (Å²) in [6, 6.07) is 1.89. The molecule has 0 aromatic rings. The zero-order valence-electron chi connectivity index (χ0n) is 13.6. The van der Waals surface area contributed by atoms with Crippen molar-refractivity contribution >= 4 is 5.97 Å². The van der Waals surface area contributed by atoms with Gasteiger partial charge in [0.25, 0.3) is 0 Å². The molecular formula is C16H29N3O2. The number of methoxy groups -OCH3 is 1. The highest BCUT2D eigenvalue weighted by Crippen LogP contribution is 2.30. The fourth-order valence-corrected chi connectivity index (χ4v) is 4.04. The first-order valence-electron chi connectivity index (χ1n) is 8.32. The molecule has 120 valence electrons. The Labute approximate surface area is 128 Å². The normalized spacial score (nSPS) is 33.5. The van der Waals surface area contributed by atoms with Gasteiger partial charge in [-0.2, -0.15) is 0 Å². The average molecular weight is 295 g/mol. The van der Waals surface area contributed by atoms with E-state index in [1.165, 1.54) is 39.2 Å². The highest BCUT2D eigenvalue weighted by atomic mass is 16.5. The number of likely N-dealkylation sites (N-methyl/N-ethyl adjacent to an activating group) is 1. The number of likely N-dealkylation sites (tertiary alicyclic amines) is 1. The molecule has 3 atom stereocenters. The SMILES string of the molecule is COC(=O)C(C)(CN1CCC2CCC(C1)N2C)NC1CC1. The Balaban J connectivity index is 1.66. The summed E-state index contributed by atoms with van der Waals surface area (Å²) in [5.74, 6) is -0.128. The predicted molar refractivity (Wildman–Crippen MR) is 82.2 cm³/mol. The zero-order valence-corrected chi connectivity index (χ0v) is 13.6. The van der Waals surface area contributed by atoms with Crippen LogP contribution in [0.5, 0.6) is 0 Å². The van der Waals surface area contributed by atoms with Gasteiger partial charge < -0.3 is 4.74 Å². The molecule has 3 aliphatic rings. The van der Waals surface area contributed by atoms with E-state index in [1.54, 1.807) is 0 Å². The topological polar surface area (TPSA) is 44.8 Å².